The van der Waals surface area contributed by atoms with Crippen LogP contribution in [0.5, 0.6) is 0 Å². The minimum Gasteiger partial charge on any atom is -0.444 e. The molecule has 0 unspecified atom stereocenters. The Morgan fingerprint density at radius 1 is 1.26 bits per heavy atom. The quantitative estimate of drug-likeness (QED) is 0.852. The van der Waals surface area contributed by atoms with Crippen LogP contribution in [0.15, 0.2) is 24.3 Å². The third-order valence-electron chi connectivity index (χ3n) is 4.21. The maximum absolute atomic E-state index is 12.6. The smallest absolute Gasteiger partial charge is 0.410 e. The summed E-state index contributed by atoms with van der Waals surface area (Å²) in [5.74, 6) is 0.284. The molecule has 144 valence electrons. The monoisotopic (exact) mass is 372 g/mol. The maximum atomic E-state index is 12.6. The number of benzene rings is 1. The third kappa shape index (κ3) is 5.02. The van der Waals surface area contributed by atoms with Crippen LogP contribution in [0.3, 0.4) is 0 Å². The van der Waals surface area contributed by atoms with Crippen molar-refractivity contribution in [2.75, 3.05) is 13.1 Å². The molecule has 1 fully saturated rings. The topological polar surface area (TPSA) is 113 Å². The van der Waals surface area contributed by atoms with Gasteiger partial charge in [0.1, 0.15) is 5.60 Å². The van der Waals surface area contributed by atoms with Crippen LogP contribution in [0.1, 0.15) is 44.0 Å². The highest BCUT2D eigenvalue weighted by atomic mass is 16.6. The van der Waals surface area contributed by atoms with E-state index >= 15 is 0 Å². The van der Waals surface area contributed by atoms with Gasteiger partial charge in [-0.2, -0.15) is 5.21 Å². The van der Waals surface area contributed by atoms with Crippen LogP contribution in [0, 0.1) is 0 Å². The average molecular weight is 372 g/mol. The Kier molecular flexibility index (Phi) is 5.38. The number of aromatic amines is 1. The lowest BCUT2D eigenvalue weighted by Crippen LogP contribution is -2.47. The van der Waals surface area contributed by atoms with Crippen molar-refractivity contribution in [2.45, 2.75) is 45.3 Å². The van der Waals surface area contributed by atoms with Crippen molar-refractivity contribution in [1.82, 2.24) is 30.8 Å². The Labute approximate surface area is 157 Å². The van der Waals surface area contributed by atoms with Gasteiger partial charge in [0.25, 0.3) is 5.91 Å². The molecular formula is C18H24N6O3. The van der Waals surface area contributed by atoms with E-state index in [-0.39, 0.29) is 18.0 Å². The fourth-order valence-corrected chi connectivity index (χ4v) is 2.89. The van der Waals surface area contributed by atoms with E-state index in [1.165, 1.54) is 0 Å². The van der Waals surface area contributed by atoms with Crippen molar-refractivity contribution >= 4 is 12.0 Å². The van der Waals surface area contributed by atoms with Crippen LogP contribution in [0.25, 0.3) is 11.4 Å². The van der Waals surface area contributed by atoms with Gasteiger partial charge in [0, 0.05) is 30.3 Å². The maximum Gasteiger partial charge on any atom is 0.410 e. The molecule has 0 bridgehead atoms. The zero-order valence-electron chi connectivity index (χ0n) is 15.7. The molecule has 1 aliphatic rings. The van der Waals surface area contributed by atoms with E-state index in [1.807, 2.05) is 26.8 Å². The number of carbonyl (C=O) groups excluding carboxylic acids is 2. The molecule has 2 N–H and O–H groups in total. The molecule has 2 amide bonds. The zero-order valence-corrected chi connectivity index (χ0v) is 15.7. The molecule has 0 radical (unpaired) electrons. The van der Waals surface area contributed by atoms with Gasteiger partial charge < -0.3 is 15.0 Å². The fraction of sp³-hybridized carbons (Fsp3) is 0.500. The Balaban J connectivity index is 1.54. The zero-order chi connectivity index (χ0) is 19.4. The highest BCUT2D eigenvalue weighted by Gasteiger charge is 2.27. The Bertz CT molecular complexity index is 792. The first-order chi connectivity index (χ1) is 12.8. The van der Waals surface area contributed by atoms with E-state index in [0.29, 0.717) is 37.3 Å². The van der Waals surface area contributed by atoms with Gasteiger partial charge in [0.05, 0.1) is 0 Å². The molecule has 1 saturated heterocycles. The number of hydrogen-bond acceptors (Lipinski definition) is 6. The van der Waals surface area contributed by atoms with E-state index in [9.17, 15) is 9.59 Å². The number of H-pyrrole nitrogens is 1. The van der Waals surface area contributed by atoms with Crippen molar-refractivity contribution < 1.29 is 14.3 Å². The number of tetrazole rings is 1. The van der Waals surface area contributed by atoms with Crippen molar-refractivity contribution in [3.05, 3.63) is 29.8 Å². The molecule has 9 nitrogen and oxygen atoms in total. The van der Waals surface area contributed by atoms with Gasteiger partial charge in [-0.3, -0.25) is 4.79 Å². The number of piperidine rings is 1. The lowest BCUT2D eigenvalue weighted by Gasteiger charge is -2.33. The minimum absolute atomic E-state index is 0.0185. The lowest BCUT2D eigenvalue weighted by atomic mass is 10.0. The number of ether oxygens (including phenoxy) is 1. The van der Waals surface area contributed by atoms with Crippen molar-refractivity contribution in [3.63, 3.8) is 0 Å². The summed E-state index contributed by atoms with van der Waals surface area (Å²) in [6.07, 6.45) is 1.07. The Morgan fingerprint density at radius 3 is 2.63 bits per heavy atom. The van der Waals surface area contributed by atoms with Crippen molar-refractivity contribution in [1.29, 1.82) is 0 Å². The summed E-state index contributed by atoms with van der Waals surface area (Å²) < 4.78 is 5.39. The second kappa shape index (κ2) is 7.73. The number of aromatic nitrogens is 4. The standard InChI is InChI=1S/C18H24N6O3/c1-18(2,3)27-17(26)24-9-7-14(8-10-24)19-16(25)13-6-4-5-12(11-13)15-20-22-23-21-15/h4-6,11,14H,7-10H2,1-3H3,(H,19,25)(H,20,21,22,23). The molecule has 0 spiro atoms. The summed E-state index contributed by atoms with van der Waals surface area (Å²) in [6, 6.07) is 7.10. The highest BCUT2D eigenvalue weighted by Crippen LogP contribution is 2.18. The number of amides is 2. The molecule has 3 rings (SSSR count). The summed E-state index contributed by atoms with van der Waals surface area (Å²) in [4.78, 5) is 26.4. The largest absolute Gasteiger partial charge is 0.444 e. The number of nitrogens with one attached hydrogen (secondary N) is 2. The first kappa shape index (κ1) is 18.8. The molecular weight excluding hydrogens is 348 g/mol. The molecule has 0 atom stereocenters. The Morgan fingerprint density at radius 2 is 2.00 bits per heavy atom. The molecule has 1 aromatic carbocycles. The van der Waals surface area contributed by atoms with Crippen LogP contribution in [0.2, 0.25) is 0 Å². The molecule has 1 aliphatic heterocycles. The first-order valence-electron chi connectivity index (χ1n) is 8.94. The van der Waals surface area contributed by atoms with E-state index in [4.69, 9.17) is 4.74 Å². The number of likely N-dealkylation sites (tertiary alicyclic amines) is 1. The van der Waals surface area contributed by atoms with Gasteiger partial charge in [0.15, 0.2) is 0 Å². The van der Waals surface area contributed by atoms with Gasteiger partial charge in [-0.05, 0) is 51.0 Å². The highest BCUT2D eigenvalue weighted by molar-refractivity contribution is 5.95. The molecule has 0 saturated carbocycles. The average Bonchev–Trinajstić information content (AvgIpc) is 3.15. The van der Waals surface area contributed by atoms with Crippen LogP contribution in [0.4, 0.5) is 4.79 Å². The van der Waals surface area contributed by atoms with E-state index in [1.54, 1.807) is 23.1 Å². The normalized spacial score (nSPS) is 15.4. The second-order valence-electron chi connectivity index (χ2n) is 7.53. The molecule has 9 heteroatoms. The molecule has 2 heterocycles. The van der Waals surface area contributed by atoms with Crippen molar-refractivity contribution in [3.8, 4) is 11.4 Å². The number of hydrogen-bond donors (Lipinski definition) is 2. The summed E-state index contributed by atoms with van der Waals surface area (Å²) in [5.41, 5.74) is 0.745. The number of rotatable bonds is 3. The third-order valence-corrected chi connectivity index (χ3v) is 4.21. The predicted molar refractivity (Wildman–Crippen MR) is 97.9 cm³/mol. The van der Waals surface area contributed by atoms with Gasteiger partial charge in [0.2, 0.25) is 5.82 Å². The number of carbonyl (C=O) groups is 2. The van der Waals surface area contributed by atoms with Crippen LogP contribution < -0.4 is 5.32 Å². The second-order valence-corrected chi connectivity index (χ2v) is 7.53. The minimum atomic E-state index is -0.508. The summed E-state index contributed by atoms with van der Waals surface area (Å²) in [7, 11) is 0. The summed E-state index contributed by atoms with van der Waals surface area (Å²) >= 11 is 0. The molecule has 0 aliphatic carbocycles. The molecule has 1 aromatic heterocycles. The van der Waals surface area contributed by atoms with Crippen LogP contribution in [-0.4, -0.2) is 62.3 Å². The van der Waals surface area contributed by atoms with Crippen LogP contribution >= 0.6 is 0 Å². The van der Waals surface area contributed by atoms with Gasteiger partial charge in [-0.25, -0.2) is 4.79 Å². The first-order valence-corrected chi connectivity index (χ1v) is 8.94. The van der Waals surface area contributed by atoms with Gasteiger partial charge in [-0.1, -0.05) is 12.1 Å². The number of nitrogens with zero attached hydrogens (tertiary/aromatic N) is 4. The lowest BCUT2D eigenvalue weighted by molar-refractivity contribution is 0.0199. The predicted octanol–water partition coefficient (Wildman–Crippen LogP) is 2.00. The summed E-state index contributed by atoms with van der Waals surface area (Å²) in [6.45, 7) is 6.66. The van der Waals surface area contributed by atoms with E-state index < -0.39 is 5.60 Å². The van der Waals surface area contributed by atoms with Crippen LogP contribution in [-0.2, 0) is 4.74 Å². The van der Waals surface area contributed by atoms with Crippen molar-refractivity contribution in [2.24, 2.45) is 0 Å². The molecule has 27 heavy (non-hydrogen) atoms. The fourth-order valence-electron chi connectivity index (χ4n) is 2.89. The Hall–Kier alpha value is -2.97. The van der Waals surface area contributed by atoms with E-state index in [0.717, 1.165) is 5.56 Å². The van der Waals surface area contributed by atoms with Gasteiger partial charge >= 0.3 is 6.09 Å². The van der Waals surface area contributed by atoms with E-state index in [2.05, 4.69) is 25.9 Å². The van der Waals surface area contributed by atoms with Gasteiger partial charge in [-0.15, -0.1) is 10.2 Å². The summed E-state index contributed by atoms with van der Waals surface area (Å²) in [5, 5.41) is 16.8. The SMILES string of the molecule is CC(C)(C)OC(=O)N1CCC(NC(=O)c2cccc(-c3nn[nH]n3)c2)CC1. The molecule has 2 aromatic rings.